The van der Waals surface area contributed by atoms with E-state index in [1.165, 1.54) is 25.3 Å². The zero-order valence-corrected chi connectivity index (χ0v) is 14.8. The third kappa shape index (κ3) is 4.36. The van der Waals surface area contributed by atoms with E-state index in [0.29, 0.717) is 0 Å². The molecule has 3 aromatic rings. The Bertz CT molecular complexity index is 1090. The number of rotatable bonds is 3. The highest BCUT2D eigenvalue weighted by Gasteiger charge is 2.31. The fourth-order valence-electron chi connectivity index (χ4n) is 2.73. The predicted octanol–water partition coefficient (Wildman–Crippen LogP) is 4.28. The van der Waals surface area contributed by atoms with Gasteiger partial charge < -0.3 is 15.6 Å². The zero-order chi connectivity index (χ0) is 21.3. The van der Waals surface area contributed by atoms with Crippen LogP contribution in [0.4, 0.5) is 27.6 Å². The number of aromatic nitrogens is 1. The van der Waals surface area contributed by atoms with Crippen molar-refractivity contribution >= 4 is 28.4 Å². The van der Waals surface area contributed by atoms with E-state index < -0.39 is 41.2 Å². The molecular weight excluding hydrogens is 397 g/mol. The molecule has 0 aliphatic heterocycles. The van der Waals surface area contributed by atoms with Gasteiger partial charge in [-0.2, -0.15) is 13.2 Å². The highest BCUT2D eigenvalue weighted by atomic mass is 19.4. The number of halogens is 5. The molecule has 0 aliphatic carbocycles. The Labute approximate surface area is 160 Å². The van der Waals surface area contributed by atoms with Crippen LogP contribution in [-0.4, -0.2) is 16.8 Å². The Morgan fingerprint density at radius 2 is 1.72 bits per heavy atom. The summed E-state index contributed by atoms with van der Waals surface area (Å²) in [5.41, 5.74) is -0.470. The summed E-state index contributed by atoms with van der Waals surface area (Å²) >= 11 is 0. The van der Waals surface area contributed by atoms with Crippen LogP contribution in [0.1, 0.15) is 24.1 Å². The minimum Gasteiger partial charge on any atom is -0.359 e. The van der Waals surface area contributed by atoms with Gasteiger partial charge in [0.05, 0.1) is 22.8 Å². The first kappa shape index (κ1) is 20.3. The maximum absolute atomic E-state index is 13.4. The van der Waals surface area contributed by atoms with Gasteiger partial charge in [-0.05, 0) is 30.7 Å². The molecule has 0 unspecified atom stereocenters. The smallest absolute Gasteiger partial charge is 0.359 e. The summed E-state index contributed by atoms with van der Waals surface area (Å²) in [5.74, 6) is -4.43. The van der Waals surface area contributed by atoms with Gasteiger partial charge in [0.1, 0.15) is 0 Å². The SMILES string of the molecule is C[C@@H](NC(=O)C(=O)Nc1c[nH]c2cc(F)c(F)cc12)c1cccc(C(F)(F)F)c1. The highest BCUT2D eigenvalue weighted by molar-refractivity contribution is 6.40. The molecule has 1 heterocycles. The first-order valence-electron chi connectivity index (χ1n) is 8.31. The molecule has 0 bridgehead atoms. The van der Waals surface area contributed by atoms with Crippen molar-refractivity contribution < 1.29 is 31.5 Å². The van der Waals surface area contributed by atoms with Gasteiger partial charge in [0.2, 0.25) is 0 Å². The lowest BCUT2D eigenvalue weighted by atomic mass is 10.0. The molecule has 2 amide bonds. The van der Waals surface area contributed by atoms with E-state index in [9.17, 15) is 31.5 Å². The van der Waals surface area contributed by atoms with Crippen LogP contribution >= 0.6 is 0 Å². The van der Waals surface area contributed by atoms with E-state index in [2.05, 4.69) is 15.6 Å². The lowest BCUT2D eigenvalue weighted by Gasteiger charge is -2.16. The molecule has 1 atom stereocenters. The van der Waals surface area contributed by atoms with E-state index in [1.54, 1.807) is 0 Å². The Kier molecular flexibility index (Phi) is 5.27. The number of hydrogen-bond donors (Lipinski definition) is 3. The summed E-state index contributed by atoms with van der Waals surface area (Å²) in [7, 11) is 0. The average molecular weight is 411 g/mol. The maximum Gasteiger partial charge on any atom is 0.416 e. The molecule has 5 nitrogen and oxygen atoms in total. The van der Waals surface area contributed by atoms with E-state index >= 15 is 0 Å². The number of fused-ring (bicyclic) bond motifs is 1. The van der Waals surface area contributed by atoms with E-state index in [-0.39, 0.29) is 22.2 Å². The largest absolute Gasteiger partial charge is 0.416 e. The van der Waals surface area contributed by atoms with Crippen LogP contribution in [0.15, 0.2) is 42.6 Å². The average Bonchev–Trinajstić information content (AvgIpc) is 3.03. The molecular formula is C19H14F5N3O2. The normalized spacial score (nSPS) is 12.6. The number of aromatic amines is 1. The molecule has 10 heteroatoms. The molecule has 0 fully saturated rings. The number of benzene rings is 2. The first-order valence-corrected chi connectivity index (χ1v) is 8.31. The topological polar surface area (TPSA) is 74.0 Å². The van der Waals surface area contributed by atoms with Crippen molar-refractivity contribution in [1.82, 2.24) is 10.3 Å². The number of amides is 2. The molecule has 0 radical (unpaired) electrons. The maximum atomic E-state index is 13.4. The van der Waals surface area contributed by atoms with E-state index in [1.807, 2.05) is 0 Å². The molecule has 0 spiro atoms. The van der Waals surface area contributed by atoms with Crippen LogP contribution in [0.3, 0.4) is 0 Å². The monoisotopic (exact) mass is 411 g/mol. The van der Waals surface area contributed by atoms with Crippen molar-refractivity contribution in [3.8, 4) is 0 Å². The summed E-state index contributed by atoms with van der Waals surface area (Å²) in [6.45, 7) is 1.42. The molecule has 0 aliphatic rings. The van der Waals surface area contributed by atoms with Gasteiger partial charge in [0.15, 0.2) is 11.6 Å². The molecule has 0 saturated heterocycles. The molecule has 29 heavy (non-hydrogen) atoms. The quantitative estimate of drug-likeness (QED) is 0.445. The van der Waals surface area contributed by atoms with Crippen molar-refractivity contribution in [3.63, 3.8) is 0 Å². The van der Waals surface area contributed by atoms with Crippen molar-refractivity contribution in [1.29, 1.82) is 0 Å². The van der Waals surface area contributed by atoms with Crippen LogP contribution < -0.4 is 10.6 Å². The lowest BCUT2D eigenvalue weighted by Crippen LogP contribution is -2.36. The molecule has 2 aromatic carbocycles. The third-order valence-corrected chi connectivity index (χ3v) is 4.24. The first-order chi connectivity index (χ1) is 13.6. The molecule has 3 N–H and O–H groups in total. The number of anilines is 1. The number of carbonyl (C=O) groups is 2. The fourth-order valence-corrected chi connectivity index (χ4v) is 2.73. The second-order valence-corrected chi connectivity index (χ2v) is 6.29. The van der Waals surface area contributed by atoms with Gasteiger partial charge in [-0.15, -0.1) is 0 Å². The van der Waals surface area contributed by atoms with Gasteiger partial charge in [-0.25, -0.2) is 8.78 Å². The molecule has 152 valence electrons. The highest BCUT2D eigenvalue weighted by Crippen LogP contribution is 2.30. The van der Waals surface area contributed by atoms with E-state index in [0.717, 1.165) is 24.3 Å². The van der Waals surface area contributed by atoms with Gasteiger partial charge in [0, 0.05) is 17.6 Å². The minimum atomic E-state index is -4.54. The lowest BCUT2D eigenvalue weighted by molar-refractivity contribution is -0.137. The zero-order valence-electron chi connectivity index (χ0n) is 14.8. The number of hydrogen-bond acceptors (Lipinski definition) is 2. The van der Waals surface area contributed by atoms with Crippen LogP contribution in [0, 0.1) is 11.6 Å². The summed E-state index contributed by atoms with van der Waals surface area (Å²) in [6, 6.07) is 5.22. The fraction of sp³-hybridized carbons (Fsp3) is 0.158. The molecule has 3 rings (SSSR count). The summed E-state index contributed by atoms with van der Waals surface area (Å²) in [4.78, 5) is 26.8. The molecule has 1 aromatic heterocycles. The van der Waals surface area contributed by atoms with Crippen LogP contribution in [0.25, 0.3) is 10.9 Å². The Balaban J connectivity index is 1.71. The van der Waals surface area contributed by atoms with E-state index in [4.69, 9.17) is 0 Å². The van der Waals surface area contributed by atoms with Gasteiger partial charge >= 0.3 is 18.0 Å². The second-order valence-electron chi connectivity index (χ2n) is 6.29. The van der Waals surface area contributed by atoms with Crippen molar-refractivity contribution in [2.45, 2.75) is 19.1 Å². The standard InChI is InChI=1S/C19H14F5N3O2/c1-9(10-3-2-4-11(5-10)19(22,23)24)26-17(28)18(29)27-16-8-25-15-7-14(21)13(20)6-12(15)16/h2-9,25H,1H3,(H,26,28)(H,27,29)/t9-/m1/s1. The van der Waals surface area contributed by atoms with Crippen molar-refractivity contribution in [2.75, 3.05) is 5.32 Å². The summed E-state index contributed by atoms with van der Waals surface area (Å²) in [5, 5.41) is 4.69. The van der Waals surface area contributed by atoms with Gasteiger partial charge in [0.25, 0.3) is 0 Å². The van der Waals surface area contributed by atoms with Gasteiger partial charge in [-0.1, -0.05) is 12.1 Å². The second kappa shape index (κ2) is 7.53. The summed E-state index contributed by atoms with van der Waals surface area (Å²) < 4.78 is 65.1. The van der Waals surface area contributed by atoms with Crippen molar-refractivity contribution in [2.24, 2.45) is 0 Å². The minimum absolute atomic E-state index is 0.0470. The predicted molar refractivity (Wildman–Crippen MR) is 94.8 cm³/mol. The Hall–Kier alpha value is -3.43. The van der Waals surface area contributed by atoms with Crippen LogP contribution in [-0.2, 0) is 15.8 Å². The Morgan fingerprint density at radius 1 is 1.03 bits per heavy atom. The summed E-state index contributed by atoms with van der Waals surface area (Å²) in [6.07, 6.45) is -3.29. The van der Waals surface area contributed by atoms with Crippen molar-refractivity contribution in [3.05, 3.63) is 65.4 Å². The molecule has 0 saturated carbocycles. The number of carbonyl (C=O) groups excluding carboxylic acids is 2. The Morgan fingerprint density at radius 3 is 2.41 bits per heavy atom. The number of H-pyrrole nitrogens is 1. The van der Waals surface area contributed by atoms with Gasteiger partial charge in [-0.3, -0.25) is 9.59 Å². The van der Waals surface area contributed by atoms with Crippen LogP contribution in [0.2, 0.25) is 0 Å². The van der Waals surface area contributed by atoms with Crippen LogP contribution in [0.5, 0.6) is 0 Å². The number of alkyl halides is 3. The third-order valence-electron chi connectivity index (χ3n) is 4.24. The number of nitrogens with one attached hydrogen (secondary N) is 3.